The van der Waals surface area contributed by atoms with E-state index in [4.69, 9.17) is 19.4 Å². The Labute approximate surface area is 317 Å². The predicted octanol–water partition coefficient (Wildman–Crippen LogP) is 3.19. The molecule has 0 atom stereocenters. The summed E-state index contributed by atoms with van der Waals surface area (Å²) < 4.78 is 6.81. The van der Waals surface area contributed by atoms with Gasteiger partial charge in [-0.15, -0.1) is 16.4 Å². The van der Waals surface area contributed by atoms with Crippen LogP contribution >= 0.6 is 0 Å². The molecule has 0 saturated carbocycles. The molecule has 10 rings (SSSR count). The first-order valence-electron chi connectivity index (χ1n) is 18.5. The summed E-state index contributed by atoms with van der Waals surface area (Å²) >= 11 is 0. The number of hydrogen-bond donors (Lipinski definition) is 0. The molecule has 54 heavy (non-hydrogen) atoms. The van der Waals surface area contributed by atoms with Gasteiger partial charge in [0.05, 0.1) is 5.56 Å². The molecule has 0 unspecified atom stereocenters. The van der Waals surface area contributed by atoms with Crippen molar-refractivity contribution in [2.45, 2.75) is 0 Å². The number of fused-ring (bicyclic) bond motifs is 9. The SMILES string of the molecule is Bc1c(B)c(B)c(-c2nc(-c3ccccc3)nc(-c3cccc4c3oc3cccc(-c5ccc6c7ccccc7c7ccccc7c6c5)c34)n2)c(B)c1B. The fourth-order valence-electron chi connectivity index (χ4n) is 8.50. The van der Waals surface area contributed by atoms with E-state index in [2.05, 4.69) is 154 Å². The second-order valence-electron chi connectivity index (χ2n) is 14.5. The van der Waals surface area contributed by atoms with E-state index < -0.39 is 0 Å². The van der Waals surface area contributed by atoms with Gasteiger partial charge in [0.2, 0.25) is 0 Å². The number of hydrogen-bond acceptors (Lipinski definition) is 4. The molecule has 0 aliphatic heterocycles. The molecule has 0 spiro atoms. The van der Waals surface area contributed by atoms with Crippen molar-refractivity contribution in [1.29, 1.82) is 0 Å². The predicted molar refractivity (Wildman–Crippen MR) is 242 cm³/mol. The maximum Gasteiger partial charge on any atom is 0.167 e. The van der Waals surface area contributed by atoms with Gasteiger partial charge in [-0.3, -0.25) is 0 Å². The van der Waals surface area contributed by atoms with Gasteiger partial charge in [-0.25, -0.2) is 15.0 Å². The van der Waals surface area contributed by atoms with Gasteiger partial charge in [0.15, 0.2) is 17.5 Å². The standard InChI is InChI=1S/C45H32B5N3O/c46-37-36(38(47)40(49)41(50)39(37)48)45-52-43(23-10-2-1-3-11-23)51-44(53-45)32-18-8-17-31-35-25(16-9-19-34(35)54-42(31)32)24-20-21-30-28-14-5-4-12-26(28)27-13-6-7-15-29(27)33(30)22-24/h1-22H,46-50H2. The number of aromatic nitrogens is 3. The van der Waals surface area contributed by atoms with Crippen LogP contribution in [0, 0.1) is 0 Å². The van der Waals surface area contributed by atoms with Gasteiger partial charge >= 0.3 is 0 Å². The third-order valence-electron chi connectivity index (χ3n) is 11.7. The van der Waals surface area contributed by atoms with Crippen LogP contribution in [-0.4, -0.2) is 54.2 Å². The summed E-state index contributed by atoms with van der Waals surface area (Å²) in [5, 5.41) is 9.66. The highest BCUT2D eigenvalue weighted by atomic mass is 16.3. The van der Waals surface area contributed by atoms with Crippen molar-refractivity contribution in [1.82, 2.24) is 15.0 Å². The van der Waals surface area contributed by atoms with E-state index >= 15 is 0 Å². The Balaban J connectivity index is 1.21. The topological polar surface area (TPSA) is 51.8 Å². The average molecular weight is 685 g/mol. The minimum absolute atomic E-state index is 0.587. The van der Waals surface area contributed by atoms with E-state index in [0.29, 0.717) is 17.5 Å². The second-order valence-corrected chi connectivity index (χ2v) is 14.5. The third-order valence-corrected chi connectivity index (χ3v) is 11.7. The molecule has 0 amide bonds. The summed E-state index contributed by atoms with van der Waals surface area (Å²) in [4.78, 5) is 15.5. The third kappa shape index (κ3) is 4.88. The number of benzene rings is 8. The first kappa shape index (κ1) is 32.3. The largest absolute Gasteiger partial charge is 0.455 e. The van der Waals surface area contributed by atoms with Crippen molar-refractivity contribution in [2.75, 3.05) is 0 Å². The first-order chi connectivity index (χ1) is 26.4. The molecule has 0 N–H and O–H groups in total. The van der Waals surface area contributed by atoms with Crippen molar-refractivity contribution in [3.63, 3.8) is 0 Å². The highest BCUT2D eigenvalue weighted by Crippen LogP contribution is 2.42. The Morgan fingerprint density at radius 3 is 1.57 bits per heavy atom. The van der Waals surface area contributed by atoms with Crippen LogP contribution in [0.2, 0.25) is 0 Å². The molecule has 0 radical (unpaired) electrons. The first-order valence-corrected chi connectivity index (χ1v) is 18.5. The molecular weight excluding hydrogens is 653 g/mol. The van der Waals surface area contributed by atoms with Crippen molar-refractivity contribution in [3.05, 3.63) is 133 Å². The number of furan rings is 1. The van der Waals surface area contributed by atoms with Gasteiger partial charge in [-0.05, 0) is 61.6 Å². The second kappa shape index (κ2) is 12.4. The maximum absolute atomic E-state index is 6.81. The highest BCUT2D eigenvalue weighted by Gasteiger charge is 2.22. The van der Waals surface area contributed by atoms with Crippen LogP contribution in [0.3, 0.4) is 0 Å². The molecule has 0 aliphatic carbocycles. The molecule has 10 aromatic rings. The van der Waals surface area contributed by atoms with E-state index in [9.17, 15) is 0 Å². The van der Waals surface area contributed by atoms with Crippen LogP contribution < -0.4 is 27.3 Å². The maximum atomic E-state index is 6.81. The van der Waals surface area contributed by atoms with E-state index in [1.54, 1.807) is 0 Å². The minimum atomic E-state index is 0.587. The quantitative estimate of drug-likeness (QED) is 0.211. The molecule has 0 bridgehead atoms. The van der Waals surface area contributed by atoms with E-state index in [1.165, 1.54) is 59.6 Å². The van der Waals surface area contributed by atoms with Crippen LogP contribution in [0.15, 0.2) is 138 Å². The fraction of sp³-hybridized carbons (Fsp3) is 0. The molecule has 2 heterocycles. The number of nitrogens with zero attached hydrogens (tertiary/aromatic N) is 3. The summed E-state index contributed by atoms with van der Waals surface area (Å²) in [7, 11) is 10.9. The molecule has 0 aliphatic rings. The molecule has 8 aromatic carbocycles. The molecule has 0 fully saturated rings. The van der Waals surface area contributed by atoms with Crippen molar-refractivity contribution in [2.24, 2.45) is 0 Å². The van der Waals surface area contributed by atoms with Crippen molar-refractivity contribution in [3.8, 4) is 45.3 Å². The lowest BCUT2D eigenvalue weighted by atomic mass is 9.60. The van der Waals surface area contributed by atoms with Crippen molar-refractivity contribution < 1.29 is 4.42 Å². The smallest absolute Gasteiger partial charge is 0.167 e. The Kier molecular flexibility index (Phi) is 7.42. The lowest BCUT2D eigenvalue weighted by Crippen LogP contribution is -2.55. The lowest BCUT2D eigenvalue weighted by molar-refractivity contribution is 0.669. The molecule has 248 valence electrons. The van der Waals surface area contributed by atoms with E-state index in [-0.39, 0.29) is 0 Å². The monoisotopic (exact) mass is 685 g/mol. The summed E-state index contributed by atoms with van der Waals surface area (Å²) in [6.07, 6.45) is 0. The van der Waals surface area contributed by atoms with Crippen LogP contribution in [0.4, 0.5) is 0 Å². The van der Waals surface area contributed by atoms with Gasteiger partial charge in [-0.1, -0.05) is 126 Å². The molecule has 2 aromatic heterocycles. The van der Waals surface area contributed by atoms with Gasteiger partial charge in [0.25, 0.3) is 0 Å². The zero-order valence-electron chi connectivity index (χ0n) is 31.0. The minimum Gasteiger partial charge on any atom is -0.455 e. The fourth-order valence-corrected chi connectivity index (χ4v) is 8.50. The average Bonchev–Trinajstić information content (AvgIpc) is 3.62. The van der Waals surface area contributed by atoms with Crippen LogP contribution in [-0.2, 0) is 0 Å². The molecule has 9 heteroatoms. The van der Waals surface area contributed by atoms with Gasteiger partial charge in [0.1, 0.15) is 50.4 Å². The lowest BCUT2D eigenvalue weighted by Gasteiger charge is -2.20. The Bertz CT molecular complexity index is 3120. The Hall–Kier alpha value is -6.33. The van der Waals surface area contributed by atoms with Crippen molar-refractivity contribution >= 4 is 121 Å². The normalized spacial score (nSPS) is 11.7. The molecular formula is C45H32B5N3O. The zero-order valence-corrected chi connectivity index (χ0v) is 31.0. The number of rotatable bonds is 4. The van der Waals surface area contributed by atoms with Gasteiger partial charge in [-0.2, -0.15) is 0 Å². The van der Waals surface area contributed by atoms with Gasteiger partial charge < -0.3 is 4.42 Å². The summed E-state index contributed by atoms with van der Waals surface area (Å²) in [6.45, 7) is 0. The van der Waals surface area contributed by atoms with Crippen LogP contribution in [0.1, 0.15) is 0 Å². The molecule has 0 saturated heterocycles. The van der Waals surface area contributed by atoms with Crippen LogP contribution in [0.5, 0.6) is 0 Å². The zero-order chi connectivity index (χ0) is 36.7. The van der Waals surface area contributed by atoms with E-state index in [1.807, 2.05) is 18.2 Å². The highest BCUT2D eigenvalue weighted by molar-refractivity contribution is 6.68. The van der Waals surface area contributed by atoms with E-state index in [0.717, 1.165) is 49.8 Å². The summed E-state index contributed by atoms with van der Waals surface area (Å²) in [5.74, 6) is 1.89. The van der Waals surface area contributed by atoms with Gasteiger partial charge in [0, 0.05) is 21.9 Å². The number of para-hydroxylation sites is 1. The van der Waals surface area contributed by atoms with Crippen LogP contribution in [0.25, 0.3) is 99.5 Å². The Morgan fingerprint density at radius 2 is 0.889 bits per heavy atom. The summed E-state index contributed by atoms with van der Waals surface area (Å²) in [5.41, 5.74) is 12.9. The Morgan fingerprint density at radius 1 is 0.370 bits per heavy atom. The summed E-state index contributed by atoms with van der Waals surface area (Å²) in [6, 6.07) is 47.2. The molecule has 4 nitrogen and oxygen atoms in total.